The number of halogens is 1. The molecule has 2 amide bonds. The number of carbonyl (C=O) groups is 2. The molecular weight excluding hydrogens is 408 g/mol. The largest absolute Gasteiger partial charge is 0.349 e. The van der Waals surface area contributed by atoms with Gasteiger partial charge in [0, 0.05) is 27.8 Å². The Kier molecular flexibility index (Phi) is 5.24. The number of amides is 2. The molecule has 2 aromatic carbocycles. The number of carbonyl (C=O) groups excluding carboxylic acids is 2. The summed E-state index contributed by atoms with van der Waals surface area (Å²) in [4.78, 5) is 24.5. The fraction of sp³-hybridized carbons (Fsp3) is 0.300. The van der Waals surface area contributed by atoms with Gasteiger partial charge in [0.25, 0.3) is 5.91 Å². The molecule has 0 bridgehead atoms. The fourth-order valence-corrected chi connectivity index (χ4v) is 3.34. The third kappa shape index (κ3) is 4.55. The van der Waals surface area contributed by atoms with Crippen molar-refractivity contribution in [1.29, 1.82) is 0 Å². The van der Waals surface area contributed by atoms with E-state index in [-0.39, 0.29) is 23.9 Å². The van der Waals surface area contributed by atoms with Crippen LogP contribution in [0.5, 0.6) is 0 Å². The molecule has 4 N–H and O–H groups in total. The highest BCUT2D eigenvalue weighted by molar-refractivity contribution is 9.10. The second-order valence-corrected chi connectivity index (χ2v) is 7.91. The molecule has 1 heterocycles. The highest BCUT2D eigenvalue weighted by atomic mass is 79.9. The van der Waals surface area contributed by atoms with E-state index in [4.69, 9.17) is 0 Å². The Morgan fingerprint density at radius 1 is 0.963 bits per heavy atom. The second kappa shape index (κ2) is 7.80. The molecule has 1 saturated carbocycles. The summed E-state index contributed by atoms with van der Waals surface area (Å²) in [5, 5.41) is 5.86. The minimum absolute atomic E-state index is 0.0608. The normalized spacial score (nSPS) is 21.7. The molecule has 0 radical (unpaired) electrons. The average molecular weight is 429 g/mol. The molecule has 140 valence electrons. The smallest absolute Gasteiger partial charge is 0.251 e. The lowest BCUT2D eigenvalue weighted by molar-refractivity contribution is -0.117. The van der Waals surface area contributed by atoms with E-state index >= 15 is 0 Å². The number of anilines is 1. The maximum Gasteiger partial charge on any atom is 0.251 e. The Bertz CT molecular complexity index is 834. The molecule has 2 atom stereocenters. The molecule has 4 rings (SSSR count). The van der Waals surface area contributed by atoms with Crippen LogP contribution in [0.4, 0.5) is 5.69 Å². The summed E-state index contributed by atoms with van der Waals surface area (Å²) in [5.41, 5.74) is 8.65. The zero-order chi connectivity index (χ0) is 18.8. The number of nitrogens with one attached hydrogen (secondary N) is 4. The Morgan fingerprint density at radius 2 is 1.67 bits per heavy atom. The van der Waals surface area contributed by atoms with Gasteiger partial charge in [0.2, 0.25) is 5.91 Å². The minimum Gasteiger partial charge on any atom is -0.349 e. The summed E-state index contributed by atoms with van der Waals surface area (Å²) in [6.45, 7) is 0. The van der Waals surface area contributed by atoms with Gasteiger partial charge in [0.1, 0.15) is 6.04 Å². The van der Waals surface area contributed by atoms with Crippen LogP contribution in [0.3, 0.4) is 0 Å². The SMILES string of the molecule is O=C(NC1CC1)c1ccc(NC(=O)C2CC(c3ccc(Br)cc3)NN2)cc1. The van der Waals surface area contributed by atoms with Crippen molar-refractivity contribution >= 4 is 33.4 Å². The molecule has 7 heteroatoms. The molecule has 2 fully saturated rings. The van der Waals surface area contributed by atoms with Crippen LogP contribution >= 0.6 is 15.9 Å². The van der Waals surface area contributed by atoms with Crippen LogP contribution in [-0.2, 0) is 4.79 Å². The maximum atomic E-state index is 12.5. The van der Waals surface area contributed by atoms with Crippen molar-refractivity contribution < 1.29 is 9.59 Å². The summed E-state index contributed by atoms with van der Waals surface area (Å²) < 4.78 is 1.03. The summed E-state index contributed by atoms with van der Waals surface area (Å²) in [5.74, 6) is -0.160. The molecule has 0 aromatic heterocycles. The van der Waals surface area contributed by atoms with Gasteiger partial charge in [-0.15, -0.1) is 0 Å². The Balaban J connectivity index is 1.32. The van der Waals surface area contributed by atoms with E-state index < -0.39 is 0 Å². The molecule has 1 aliphatic heterocycles. The summed E-state index contributed by atoms with van der Waals surface area (Å²) >= 11 is 3.43. The summed E-state index contributed by atoms with van der Waals surface area (Å²) in [6, 6.07) is 15.1. The lowest BCUT2D eigenvalue weighted by Crippen LogP contribution is -2.39. The number of hydrazine groups is 1. The molecule has 6 nitrogen and oxygen atoms in total. The highest BCUT2D eigenvalue weighted by Gasteiger charge is 2.30. The van der Waals surface area contributed by atoms with E-state index in [2.05, 4.69) is 37.4 Å². The van der Waals surface area contributed by atoms with Crippen molar-refractivity contribution in [2.45, 2.75) is 37.4 Å². The highest BCUT2D eigenvalue weighted by Crippen LogP contribution is 2.24. The number of hydrogen-bond donors (Lipinski definition) is 4. The van der Waals surface area contributed by atoms with Crippen molar-refractivity contribution in [3.05, 3.63) is 64.1 Å². The minimum atomic E-state index is -0.323. The van der Waals surface area contributed by atoms with Crippen molar-refractivity contribution in [2.24, 2.45) is 0 Å². The van der Waals surface area contributed by atoms with Crippen molar-refractivity contribution in [3.63, 3.8) is 0 Å². The first-order valence-corrected chi connectivity index (χ1v) is 9.86. The quantitative estimate of drug-likeness (QED) is 0.589. The third-order valence-electron chi connectivity index (χ3n) is 4.82. The van der Waals surface area contributed by atoms with Gasteiger partial charge < -0.3 is 10.6 Å². The van der Waals surface area contributed by atoms with Crippen LogP contribution in [0, 0.1) is 0 Å². The lowest BCUT2D eigenvalue weighted by atomic mass is 10.0. The first-order valence-electron chi connectivity index (χ1n) is 9.07. The van der Waals surface area contributed by atoms with E-state index in [1.807, 2.05) is 24.3 Å². The van der Waals surface area contributed by atoms with Crippen molar-refractivity contribution in [1.82, 2.24) is 16.2 Å². The van der Waals surface area contributed by atoms with Gasteiger partial charge in [-0.2, -0.15) is 0 Å². The van der Waals surface area contributed by atoms with Crippen molar-refractivity contribution in [3.8, 4) is 0 Å². The van der Waals surface area contributed by atoms with Gasteiger partial charge in [0.15, 0.2) is 0 Å². The predicted octanol–water partition coefficient (Wildman–Crippen LogP) is 2.89. The average Bonchev–Trinajstić information content (AvgIpc) is 3.34. The number of benzene rings is 2. The van der Waals surface area contributed by atoms with Crippen LogP contribution in [-0.4, -0.2) is 23.9 Å². The fourth-order valence-electron chi connectivity index (χ4n) is 3.07. The van der Waals surface area contributed by atoms with Gasteiger partial charge >= 0.3 is 0 Å². The molecule has 1 saturated heterocycles. The molecular formula is C20H21BrN4O2. The van der Waals surface area contributed by atoms with Gasteiger partial charge in [-0.1, -0.05) is 28.1 Å². The summed E-state index contributed by atoms with van der Waals surface area (Å²) in [6.07, 6.45) is 2.78. The van der Waals surface area contributed by atoms with Gasteiger partial charge in [-0.25, -0.2) is 10.9 Å². The zero-order valence-corrected chi connectivity index (χ0v) is 16.3. The second-order valence-electron chi connectivity index (χ2n) is 7.00. The maximum absolute atomic E-state index is 12.5. The third-order valence-corrected chi connectivity index (χ3v) is 5.35. The topological polar surface area (TPSA) is 82.3 Å². The van der Waals surface area contributed by atoms with Crippen LogP contribution in [0.1, 0.15) is 41.2 Å². The van der Waals surface area contributed by atoms with Crippen LogP contribution < -0.4 is 21.5 Å². The standard InChI is InChI=1S/C20H21BrN4O2/c21-14-5-1-12(2-6-14)17-11-18(25-24-17)20(27)23-15-7-3-13(4-8-15)19(26)22-16-9-10-16/h1-8,16-18,24-25H,9-11H2,(H,22,26)(H,23,27). The lowest BCUT2D eigenvalue weighted by Gasteiger charge is -2.11. The Morgan fingerprint density at radius 3 is 2.33 bits per heavy atom. The van der Waals surface area contributed by atoms with E-state index in [0.717, 1.165) is 22.9 Å². The Labute approximate surface area is 166 Å². The van der Waals surface area contributed by atoms with E-state index in [1.54, 1.807) is 24.3 Å². The van der Waals surface area contributed by atoms with Crippen LogP contribution in [0.25, 0.3) is 0 Å². The predicted molar refractivity (Wildman–Crippen MR) is 107 cm³/mol. The van der Waals surface area contributed by atoms with Gasteiger partial charge in [-0.05, 0) is 61.2 Å². The van der Waals surface area contributed by atoms with Crippen molar-refractivity contribution in [2.75, 3.05) is 5.32 Å². The number of hydrogen-bond acceptors (Lipinski definition) is 4. The first kappa shape index (κ1) is 18.2. The van der Waals surface area contributed by atoms with Gasteiger partial charge in [-0.3, -0.25) is 9.59 Å². The first-order chi connectivity index (χ1) is 13.1. The van der Waals surface area contributed by atoms with E-state index in [0.29, 0.717) is 23.7 Å². The van der Waals surface area contributed by atoms with Crippen LogP contribution in [0.2, 0.25) is 0 Å². The zero-order valence-electron chi connectivity index (χ0n) is 14.7. The van der Waals surface area contributed by atoms with Gasteiger partial charge in [0.05, 0.1) is 0 Å². The van der Waals surface area contributed by atoms with E-state index in [9.17, 15) is 9.59 Å². The molecule has 2 aliphatic rings. The van der Waals surface area contributed by atoms with E-state index in [1.165, 1.54) is 0 Å². The van der Waals surface area contributed by atoms with Crippen LogP contribution in [0.15, 0.2) is 53.0 Å². The molecule has 2 unspecified atom stereocenters. The molecule has 27 heavy (non-hydrogen) atoms. The monoisotopic (exact) mass is 428 g/mol. The Hall–Kier alpha value is -2.22. The molecule has 0 spiro atoms. The number of rotatable bonds is 5. The molecule has 1 aliphatic carbocycles. The summed E-state index contributed by atoms with van der Waals surface area (Å²) in [7, 11) is 0. The molecule has 2 aromatic rings.